The summed E-state index contributed by atoms with van der Waals surface area (Å²) < 4.78 is 29.9. The number of sulfonamides is 1. The summed E-state index contributed by atoms with van der Waals surface area (Å²) in [7, 11) is -3.84. The van der Waals surface area contributed by atoms with Gasteiger partial charge in [-0.3, -0.25) is 4.79 Å². The first-order chi connectivity index (χ1) is 16.3. The average molecular weight is 494 g/mol. The maximum atomic E-state index is 14.1. The van der Waals surface area contributed by atoms with Crippen molar-refractivity contribution in [1.29, 1.82) is 0 Å². The van der Waals surface area contributed by atoms with Gasteiger partial charge in [0.2, 0.25) is 10.0 Å². The van der Waals surface area contributed by atoms with Crippen LogP contribution in [0.2, 0.25) is 5.02 Å². The van der Waals surface area contributed by atoms with Crippen molar-refractivity contribution in [2.45, 2.75) is 55.5 Å². The SMILES string of the molecule is Cc1ccc(S(=O)(=O)N2C(c3ccc(Cl)cc3)CC(=O)C3CCC(c4ccccc4)CC32)cc1. The number of rotatable bonds is 4. The molecule has 0 spiro atoms. The van der Waals surface area contributed by atoms with Crippen LogP contribution in [0.25, 0.3) is 0 Å². The first-order valence-corrected chi connectivity index (χ1v) is 13.6. The normalized spacial score (nSPS) is 25.6. The number of carbonyl (C=O) groups is 1. The van der Waals surface area contributed by atoms with Crippen molar-refractivity contribution in [2.24, 2.45) is 5.92 Å². The van der Waals surface area contributed by atoms with E-state index >= 15 is 0 Å². The number of hydrogen-bond donors (Lipinski definition) is 0. The molecule has 4 atom stereocenters. The van der Waals surface area contributed by atoms with Gasteiger partial charge in [-0.05, 0) is 67.5 Å². The van der Waals surface area contributed by atoms with Crippen molar-refractivity contribution in [3.8, 4) is 0 Å². The predicted molar refractivity (Wildman–Crippen MR) is 134 cm³/mol. The zero-order valence-electron chi connectivity index (χ0n) is 19.1. The summed E-state index contributed by atoms with van der Waals surface area (Å²) in [5.74, 6) is 0.102. The van der Waals surface area contributed by atoms with Gasteiger partial charge in [-0.25, -0.2) is 8.42 Å². The molecule has 1 aliphatic heterocycles. The molecule has 0 amide bonds. The molecule has 4 unspecified atom stereocenters. The third kappa shape index (κ3) is 4.33. The van der Waals surface area contributed by atoms with E-state index in [1.54, 1.807) is 28.6 Å². The van der Waals surface area contributed by atoms with Crippen LogP contribution in [0, 0.1) is 12.8 Å². The summed E-state index contributed by atoms with van der Waals surface area (Å²) in [5, 5.41) is 0.582. The number of nitrogens with zero attached hydrogens (tertiary/aromatic N) is 1. The van der Waals surface area contributed by atoms with Gasteiger partial charge in [-0.15, -0.1) is 0 Å². The van der Waals surface area contributed by atoms with E-state index in [0.717, 1.165) is 17.5 Å². The van der Waals surface area contributed by atoms with Crippen molar-refractivity contribution in [1.82, 2.24) is 4.31 Å². The molecule has 0 radical (unpaired) electrons. The molecule has 3 aromatic rings. The number of piperidine rings is 1. The molecule has 176 valence electrons. The van der Waals surface area contributed by atoms with Crippen LogP contribution in [-0.2, 0) is 14.8 Å². The Morgan fingerprint density at radius 2 is 1.53 bits per heavy atom. The lowest BCUT2D eigenvalue weighted by molar-refractivity contribution is -0.131. The molecule has 5 rings (SSSR count). The number of benzene rings is 3. The van der Waals surface area contributed by atoms with E-state index in [1.165, 1.54) is 5.56 Å². The molecule has 0 N–H and O–H groups in total. The molecule has 0 bridgehead atoms. The fourth-order valence-electron chi connectivity index (χ4n) is 5.62. The van der Waals surface area contributed by atoms with E-state index in [0.29, 0.717) is 17.9 Å². The highest BCUT2D eigenvalue weighted by atomic mass is 35.5. The molecular weight excluding hydrogens is 466 g/mol. The maximum absolute atomic E-state index is 14.1. The first kappa shape index (κ1) is 23.3. The van der Waals surface area contributed by atoms with Crippen LogP contribution >= 0.6 is 11.6 Å². The van der Waals surface area contributed by atoms with E-state index in [4.69, 9.17) is 11.6 Å². The minimum atomic E-state index is -3.84. The number of ketones is 1. The molecule has 4 nitrogen and oxygen atoms in total. The molecule has 1 heterocycles. The van der Waals surface area contributed by atoms with E-state index in [2.05, 4.69) is 12.1 Å². The van der Waals surface area contributed by atoms with Crippen molar-refractivity contribution in [2.75, 3.05) is 0 Å². The summed E-state index contributed by atoms with van der Waals surface area (Å²) in [6, 6.07) is 23.5. The first-order valence-electron chi connectivity index (χ1n) is 11.8. The molecule has 1 saturated heterocycles. The predicted octanol–water partition coefficient (Wildman–Crippen LogP) is 6.31. The third-order valence-corrected chi connectivity index (χ3v) is 9.58. The average Bonchev–Trinajstić information content (AvgIpc) is 2.85. The largest absolute Gasteiger partial charge is 0.299 e. The Labute approximate surface area is 206 Å². The Kier molecular flexibility index (Phi) is 6.36. The third-order valence-electron chi connectivity index (χ3n) is 7.38. The van der Waals surface area contributed by atoms with Crippen LogP contribution < -0.4 is 0 Å². The quantitative estimate of drug-likeness (QED) is 0.428. The zero-order valence-corrected chi connectivity index (χ0v) is 20.7. The highest BCUT2D eigenvalue weighted by Crippen LogP contribution is 2.48. The molecule has 0 aromatic heterocycles. The van der Waals surface area contributed by atoms with Gasteiger partial charge < -0.3 is 0 Å². The van der Waals surface area contributed by atoms with Crippen LogP contribution in [0.5, 0.6) is 0 Å². The smallest absolute Gasteiger partial charge is 0.243 e. The van der Waals surface area contributed by atoms with Gasteiger partial charge in [0, 0.05) is 23.4 Å². The van der Waals surface area contributed by atoms with Gasteiger partial charge in [-0.1, -0.05) is 71.8 Å². The minimum Gasteiger partial charge on any atom is -0.299 e. The van der Waals surface area contributed by atoms with Crippen molar-refractivity contribution >= 4 is 27.4 Å². The lowest BCUT2D eigenvalue weighted by atomic mass is 9.70. The monoisotopic (exact) mass is 493 g/mol. The number of fused-ring (bicyclic) bond motifs is 1. The Bertz CT molecular complexity index is 1270. The fraction of sp³-hybridized carbons (Fsp3) is 0.321. The van der Waals surface area contributed by atoms with Crippen LogP contribution in [-0.4, -0.2) is 24.5 Å². The Morgan fingerprint density at radius 1 is 0.853 bits per heavy atom. The molecule has 3 aromatic carbocycles. The van der Waals surface area contributed by atoms with E-state index in [9.17, 15) is 13.2 Å². The number of halogens is 1. The van der Waals surface area contributed by atoms with E-state index < -0.39 is 16.1 Å². The Hall–Kier alpha value is -2.47. The Balaban J connectivity index is 1.61. The molecular formula is C28H28ClNO3S. The summed E-state index contributed by atoms with van der Waals surface area (Å²) in [6.07, 6.45) is 2.41. The van der Waals surface area contributed by atoms with Crippen LogP contribution in [0.3, 0.4) is 0 Å². The van der Waals surface area contributed by atoms with Gasteiger partial charge >= 0.3 is 0 Å². The van der Waals surface area contributed by atoms with Gasteiger partial charge in [0.1, 0.15) is 5.78 Å². The number of Topliss-reactive ketones (excluding diaryl/α,β-unsaturated/α-hetero) is 1. The highest BCUT2D eigenvalue weighted by molar-refractivity contribution is 7.89. The Morgan fingerprint density at radius 3 is 2.21 bits per heavy atom. The van der Waals surface area contributed by atoms with Crippen LogP contribution in [0.15, 0.2) is 83.8 Å². The summed E-state index contributed by atoms with van der Waals surface area (Å²) in [6.45, 7) is 1.94. The second-order valence-corrected chi connectivity index (χ2v) is 11.8. The second kappa shape index (κ2) is 9.29. The highest BCUT2D eigenvalue weighted by Gasteiger charge is 2.50. The van der Waals surface area contributed by atoms with Crippen LogP contribution in [0.1, 0.15) is 54.3 Å². The van der Waals surface area contributed by atoms with Gasteiger partial charge in [0.25, 0.3) is 0 Å². The summed E-state index contributed by atoms with van der Waals surface area (Å²) in [5.41, 5.74) is 3.00. The molecule has 2 aliphatic rings. The van der Waals surface area contributed by atoms with Crippen molar-refractivity contribution in [3.05, 3.63) is 101 Å². The lowest BCUT2D eigenvalue weighted by Gasteiger charge is -2.48. The molecule has 1 aliphatic carbocycles. The standard InChI is InChI=1S/C28H28ClNO3S/c1-19-7-14-24(15-8-19)34(32,33)30-26(21-9-12-23(29)13-10-21)18-28(31)25-16-11-22(17-27(25)30)20-5-3-2-4-6-20/h2-10,12-15,22,25-27H,11,16-18H2,1H3. The molecule has 2 fully saturated rings. The molecule has 1 saturated carbocycles. The topological polar surface area (TPSA) is 54.5 Å². The van der Waals surface area contributed by atoms with E-state index in [-0.39, 0.29) is 35.0 Å². The van der Waals surface area contributed by atoms with Crippen LogP contribution in [0.4, 0.5) is 0 Å². The van der Waals surface area contributed by atoms with E-state index in [1.807, 2.05) is 49.4 Å². The van der Waals surface area contributed by atoms with Crippen molar-refractivity contribution in [3.63, 3.8) is 0 Å². The summed E-state index contributed by atoms with van der Waals surface area (Å²) in [4.78, 5) is 13.6. The number of hydrogen-bond acceptors (Lipinski definition) is 3. The fourth-order valence-corrected chi connectivity index (χ4v) is 7.59. The zero-order chi connectivity index (χ0) is 23.9. The van der Waals surface area contributed by atoms with Gasteiger partial charge in [0.05, 0.1) is 10.9 Å². The number of carbonyl (C=O) groups excluding carboxylic acids is 1. The van der Waals surface area contributed by atoms with Gasteiger partial charge in [0.15, 0.2) is 0 Å². The van der Waals surface area contributed by atoms with Crippen molar-refractivity contribution < 1.29 is 13.2 Å². The summed E-state index contributed by atoms with van der Waals surface area (Å²) >= 11 is 6.12. The minimum absolute atomic E-state index is 0.159. The second-order valence-electron chi connectivity index (χ2n) is 9.48. The maximum Gasteiger partial charge on any atom is 0.243 e. The molecule has 6 heteroatoms. The molecule has 34 heavy (non-hydrogen) atoms. The van der Waals surface area contributed by atoms with Gasteiger partial charge in [-0.2, -0.15) is 4.31 Å². The lowest BCUT2D eigenvalue weighted by Crippen LogP contribution is -2.55. The number of aryl methyl sites for hydroxylation is 1.